The Morgan fingerprint density at radius 3 is 2.21 bits per heavy atom. The molecule has 9 rings (SSSR count). The van der Waals surface area contributed by atoms with Crippen molar-refractivity contribution in [3.63, 3.8) is 0 Å². The van der Waals surface area contributed by atoms with Crippen LogP contribution in [0.15, 0.2) is 84.7 Å². The summed E-state index contributed by atoms with van der Waals surface area (Å²) in [6, 6.07) is 1.87. The second-order valence-electron chi connectivity index (χ2n) is 32.2. The molecule has 15 atom stereocenters. The molecule has 3 fully saturated rings. The minimum atomic E-state index is -2.48. The van der Waals surface area contributed by atoms with Crippen molar-refractivity contribution in [1.82, 2.24) is 54.9 Å². The molecule has 33 heteroatoms. The number of Topliss-reactive ketones (excluding diaryl/α,β-unsaturated/α-hetero) is 3. The lowest BCUT2D eigenvalue weighted by molar-refractivity contribution is -0.265. The van der Waals surface area contributed by atoms with E-state index in [1.54, 1.807) is 58.9 Å². The molecule has 8 N–H and O–H groups in total. The van der Waals surface area contributed by atoms with Crippen LogP contribution < -0.4 is 16.8 Å². The summed E-state index contributed by atoms with van der Waals surface area (Å²) in [4.78, 5) is 102. The van der Waals surface area contributed by atoms with Crippen LogP contribution in [-0.2, 0) is 105 Å². The van der Waals surface area contributed by atoms with Gasteiger partial charge in [-0.05, 0) is 145 Å². The number of piperidine rings is 1. The van der Waals surface area contributed by atoms with Crippen molar-refractivity contribution in [3.05, 3.63) is 90.3 Å². The van der Waals surface area contributed by atoms with Crippen molar-refractivity contribution < 1.29 is 95.8 Å². The van der Waals surface area contributed by atoms with Gasteiger partial charge in [-0.1, -0.05) is 69.4 Å². The molecule has 664 valence electrons. The number of amides is 2. The summed E-state index contributed by atoms with van der Waals surface area (Å²) in [5.74, 6) is -8.00. The third kappa shape index (κ3) is 28.8. The lowest BCUT2D eigenvalue weighted by atomic mass is 9.80. The van der Waals surface area contributed by atoms with Crippen molar-refractivity contribution in [2.75, 3.05) is 126 Å². The summed E-state index contributed by atoms with van der Waals surface area (Å²) in [5.41, 5.74) is 18.4. The molecule has 0 aromatic carbocycles. The number of hydrogen-bond donors (Lipinski definition) is 6. The zero-order valence-corrected chi connectivity index (χ0v) is 71.7. The number of pyridine rings is 1. The van der Waals surface area contributed by atoms with Gasteiger partial charge in [-0.25, -0.2) is 29.1 Å². The standard InChI is InChI=1S/C87H131N13O20/c1-57-19-11-10-12-20-58(2)72(109-7)52-67-25-23-62(6)87(108,120-67)81(105)85(106)99-31-16-13-22-69(99)86(107)119-73(53-70(101)59(3)48-61(5)79(104)80(111-9)78(103)60(4)47-57)68(88)49-63-24-26-71(74(50-63)110-8)118-34-18-14-21-66-55-98(97-95-66)33-36-113-38-40-115-42-44-117-46-45-116-43-41-114-39-37-112-35-28-75(102)90-29-15-17-32-100-84-76(82(89)93-56-94-84)77(96-100)65-51-64-27-30-91-83(64)92-54-65/h10-12,19-20,27,30,48,51,54-57,59-60,62-63,67-69,71-74,79-80,104,108H,13-18,21-26,28-29,31-47,49-50,52-53,88H2,1-9H3,(H,90,102)(H,91,92)(H2,89,93,94)/b12-10+,19-11+,58-20+,61-48+/t57-,59-,60-,62-,63+,67+,68-,69+,71-,72+,73+,74-,79-,80+,87-/m1/s1. The first kappa shape index (κ1) is 95.8. The van der Waals surface area contributed by atoms with Gasteiger partial charge < -0.3 is 93.7 Å². The lowest BCUT2D eigenvalue weighted by Gasteiger charge is -2.42. The van der Waals surface area contributed by atoms with Crippen LogP contribution in [0.1, 0.15) is 156 Å². The number of methoxy groups -OCH3 is 3. The number of fused-ring (bicyclic) bond motifs is 5. The van der Waals surface area contributed by atoms with Gasteiger partial charge in [-0.2, -0.15) is 5.10 Å². The minimum absolute atomic E-state index is 0.0132. The number of aromatic amines is 1. The van der Waals surface area contributed by atoms with Gasteiger partial charge in [0.15, 0.2) is 11.4 Å². The Morgan fingerprint density at radius 1 is 0.767 bits per heavy atom. The molecule has 0 spiro atoms. The molecule has 33 nitrogen and oxygen atoms in total. The fraction of sp³-hybridized carbons (Fsp3) is 0.678. The molecule has 2 amide bonds. The first-order valence-corrected chi connectivity index (χ1v) is 42.9. The number of nitrogens with zero attached hydrogens (tertiary/aromatic N) is 9. The van der Waals surface area contributed by atoms with Gasteiger partial charge in [-0.15, -0.1) is 5.10 Å². The van der Waals surface area contributed by atoms with Crippen LogP contribution in [0.3, 0.4) is 0 Å². The molecular formula is C87H131N13O20. The summed E-state index contributed by atoms with van der Waals surface area (Å²) in [6.07, 6.45) is 21.7. The van der Waals surface area contributed by atoms with Gasteiger partial charge >= 0.3 is 5.97 Å². The van der Waals surface area contributed by atoms with Crippen LogP contribution in [0, 0.1) is 29.6 Å². The molecular weight excluding hydrogens is 1550 g/mol. The molecule has 2 bridgehead atoms. The van der Waals surface area contributed by atoms with E-state index in [1.807, 2.05) is 73.4 Å². The average molecular weight is 1680 g/mol. The number of cyclic esters (lactones) is 1. The predicted molar refractivity (Wildman–Crippen MR) is 447 cm³/mol. The minimum Gasteiger partial charge on any atom is -0.459 e. The normalized spacial score (nSPS) is 27.4. The number of ether oxygens (including phenoxy) is 12. The smallest absolute Gasteiger partial charge is 0.329 e. The number of hydrogen-bond acceptors (Lipinski definition) is 28. The molecule has 0 unspecified atom stereocenters. The maximum absolute atomic E-state index is 14.7. The second-order valence-corrected chi connectivity index (χ2v) is 32.2. The predicted octanol–water partition coefficient (Wildman–Crippen LogP) is 7.86. The van der Waals surface area contributed by atoms with Crippen LogP contribution in [0.25, 0.3) is 33.3 Å². The first-order valence-electron chi connectivity index (χ1n) is 42.9. The Labute approximate surface area is 704 Å². The van der Waals surface area contributed by atoms with E-state index < -0.39 is 83.8 Å². The van der Waals surface area contributed by atoms with E-state index in [-0.39, 0.29) is 73.7 Å². The van der Waals surface area contributed by atoms with Gasteiger partial charge in [0, 0.05) is 120 Å². The summed E-state index contributed by atoms with van der Waals surface area (Å²) in [7, 11) is 4.59. The Kier molecular flexibility index (Phi) is 39.9. The quantitative estimate of drug-likeness (QED) is 0.00943. The fourth-order valence-electron chi connectivity index (χ4n) is 16.0. The van der Waals surface area contributed by atoms with Gasteiger partial charge in [0.05, 0.1) is 121 Å². The number of nitrogens with two attached hydrogens (primary N) is 2. The number of nitrogen functional groups attached to an aromatic ring is 1. The number of unbranched alkanes of at least 4 members (excludes halogenated alkanes) is 2. The van der Waals surface area contributed by atoms with Crippen molar-refractivity contribution in [3.8, 4) is 11.3 Å². The number of ketones is 3. The van der Waals surface area contributed by atoms with Crippen molar-refractivity contribution in [2.45, 2.75) is 231 Å². The van der Waals surface area contributed by atoms with Crippen LogP contribution in [0.5, 0.6) is 0 Å². The first-order chi connectivity index (χ1) is 58.0. The van der Waals surface area contributed by atoms with Crippen LogP contribution in [0.4, 0.5) is 5.82 Å². The molecule has 120 heavy (non-hydrogen) atoms. The highest BCUT2D eigenvalue weighted by atomic mass is 16.6. The molecule has 8 heterocycles. The molecule has 5 aromatic heterocycles. The van der Waals surface area contributed by atoms with E-state index in [4.69, 9.17) is 73.4 Å². The van der Waals surface area contributed by atoms with Crippen molar-refractivity contribution >= 4 is 63.0 Å². The number of allylic oxidation sites excluding steroid dienone is 6. The molecule has 4 aliphatic rings. The number of H-pyrrole nitrogens is 1. The van der Waals surface area contributed by atoms with Gasteiger partial charge in [0.2, 0.25) is 11.7 Å². The van der Waals surface area contributed by atoms with Gasteiger partial charge in [0.1, 0.15) is 53.6 Å². The van der Waals surface area contributed by atoms with Gasteiger partial charge in [-0.3, -0.25) is 24.0 Å². The molecule has 1 saturated carbocycles. The third-order valence-electron chi connectivity index (χ3n) is 23.1. The Morgan fingerprint density at radius 2 is 1.49 bits per heavy atom. The van der Waals surface area contributed by atoms with E-state index in [1.165, 1.54) is 18.3 Å². The number of carbonyl (C=O) groups excluding carboxylic acids is 6. The van der Waals surface area contributed by atoms with E-state index in [2.05, 4.69) is 35.6 Å². The highest BCUT2D eigenvalue weighted by Gasteiger charge is 2.53. The summed E-state index contributed by atoms with van der Waals surface area (Å²) >= 11 is 0. The Balaban J connectivity index is 0.621. The van der Waals surface area contributed by atoms with Crippen molar-refractivity contribution in [2.24, 2.45) is 35.3 Å². The highest BCUT2D eigenvalue weighted by molar-refractivity contribution is 6.39. The number of aliphatic hydroxyl groups is 2. The third-order valence-corrected chi connectivity index (χ3v) is 23.1. The zero-order chi connectivity index (χ0) is 85.9. The van der Waals surface area contributed by atoms with Crippen LogP contribution >= 0.6 is 0 Å². The van der Waals surface area contributed by atoms with E-state index in [0.29, 0.717) is 191 Å². The Hall–Kier alpha value is -8.00. The Bertz CT molecular complexity index is 4150. The lowest BCUT2D eigenvalue weighted by Crippen LogP contribution is -2.61. The highest BCUT2D eigenvalue weighted by Crippen LogP contribution is 2.39. The monoisotopic (exact) mass is 1680 g/mol. The fourth-order valence-corrected chi connectivity index (χ4v) is 16.0. The molecule has 0 radical (unpaired) electrons. The largest absolute Gasteiger partial charge is 0.459 e. The number of aliphatic hydroxyl groups excluding tert-OH is 1. The zero-order valence-electron chi connectivity index (χ0n) is 71.7. The maximum Gasteiger partial charge on any atom is 0.329 e. The van der Waals surface area contributed by atoms with E-state index in [0.717, 1.165) is 60.0 Å². The number of aromatic nitrogens is 9. The number of rotatable bonds is 39. The molecule has 2 saturated heterocycles. The van der Waals surface area contributed by atoms with E-state index >= 15 is 0 Å². The molecule has 5 aromatic rings. The number of nitrogens with one attached hydrogen (secondary N) is 2. The summed E-state index contributed by atoms with van der Waals surface area (Å²) in [5, 5.41) is 41.9. The summed E-state index contributed by atoms with van der Waals surface area (Å²) in [6.45, 7) is 17.7. The number of esters is 1. The van der Waals surface area contributed by atoms with Crippen molar-refractivity contribution in [1.29, 1.82) is 0 Å². The topological polar surface area (TPSA) is 424 Å². The van der Waals surface area contributed by atoms with Crippen LogP contribution in [-0.4, -0.2) is 276 Å². The van der Waals surface area contributed by atoms with E-state index in [9.17, 15) is 39.0 Å². The molecule has 1 aliphatic carbocycles. The maximum atomic E-state index is 14.7. The summed E-state index contributed by atoms with van der Waals surface area (Å²) < 4.78 is 74.0. The number of carbonyl (C=O) groups is 6. The average Bonchev–Trinajstić information content (AvgIpc) is 1.74. The SMILES string of the molecule is CO[C@H]1C[C@@H]2CC[C@@H](C)[C@@](O)(O2)C(=O)C(=O)N2CCCC[C@H]2C(=O)O[C@H]([C@H](N)C[C@@H]2CC[C@@H](OCCCCc3cn(CCOCCOCCOCCOCCOCCOCCC(=O)NCCCCn4nc(-c5cnc6[nH]ccc6c5)c5c(N)ncnc54)nn3)[C@H](OC)C2)CC(=O)[C@H](C)/C=C(\C)[C@@H](O)[C@@H](OC)C(=O)[C@H](C)C[C@H](C)/C=C/C=C/C=C/1C. The second kappa shape index (κ2) is 49.9. The molecule has 3 aliphatic heterocycles. The van der Waals surface area contributed by atoms with Gasteiger partial charge in [0.25, 0.3) is 11.7 Å². The number of aryl methyl sites for hydroxylation is 2. The number of anilines is 1. The van der Waals surface area contributed by atoms with Crippen LogP contribution in [0.2, 0.25) is 0 Å².